The van der Waals surface area contributed by atoms with Gasteiger partial charge in [0.2, 0.25) is 11.8 Å². The number of carbonyl (C=O) groups excluding carboxylic acids is 2. The maximum Gasteiger partial charge on any atom is 0.246 e. The van der Waals surface area contributed by atoms with Crippen LogP contribution in [0.25, 0.3) is 0 Å². The van der Waals surface area contributed by atoms with Gasteiger partial charge in [-0.15, -0.1) is 0 Å². The fraction of sp³-hybridized carbons (Fsp3) is 0.333. The van der Waals surface area contributed by atoms with Crippen molar-refractivity contribution in [2.45, 2.75) is 25.0 Å². The highest BCUT2D eigenvalue weighted by atomic mass is 35.5. The van der Waals surface area contributed by atoms with Gasteiger partial charge in [0.1, 0.15) is 12.1 Å². The first-order valence-electron chi connectivity index (χ1n) is 9.22. The molecule has 0 aliphatic carbocycles. The molecule has 2 heterocycles. The number of carbonyl (C=O) groups is 2. The number of hydrogen-bond donors (Lipinski definition) is 1. The highest BCUT2D eigenvalue weighted by Gasteiger charge is 2.43. The van der Waals surface area contributed by atoms with Gasteiger partial charge in [-0.2, -0.15) is 0 Å². The molecule has 0 spiro atoms. The molecule has 2 amide bonds. The summed E-state index contributed by atoms with van der Waals surface area (Å²) in [4.78, 5) is 29.6. The fourth-order valence-corrected chi connectivity index (χ4v) is 3.96. The molecule has 0 aromatic heterocycles. The average Bonchev–Trinajstić information content (AvgIpc) is 2.68. The smallest absolute Gasteiger partial charge is 0.246 e. The monoisotopic (exact) mass is 383 g/mol. The number of piperazine rings is 2. The van der Waals surface area contributed by atoms with E-state index in [0.717, 1.165) is 18.7 Å². The molecule has 27 heavy (non-hydrogen) atoms. The zero-order chi connectivity index (χ0) is 18.8. The number of nitrogens with zero attached hydrogens (tertiary/aromatic N) is 2. The quantitative estimate of drug-likeness (QED) is 0.879. The number of halogens is 1. The Bertz CT molecular complexity index is 825. The summed E-state index contributed by atoms with van der Waals surface area (Å²) in [5, 5.41) is 3.58. The zero-order valence-electron chi connectivity index (χ0n) is 15.0. The van der Waals surface area contributed by atoms with Crippen LogP contribution in [0.5, 0.6) is 0 Å². The molecule has 0 bridgehead atoms. The van der Waals surface area contributed by atoms with E-state index in [4.69, 9.17) is 11.6 Å². The summed E-state index contributed by atoms with van der Waals surface area (Å²) in [5.74, 6) is -0.0553. The van der Waals surface area contributed by atoms with Gasteiger partial charge in [0, 0.05) is 37.6 Å². The summed E-state index contributed by atoms with van der Waals surface area (Å²) in [6, 6.07) is 16.7. The van der Waals surface area contributed by atoms with Crippen molar-refractivity contribution in [1.29, 1.82) is 0 Å². The van der Waals surface area contributed by atoms with Gasteiger partial charge in [-0.25, -0.2) is 0 Å². The summed E-state index contributed by atoms with van der Waals surface area (Å²) in [7, 11) is 0. The van der Waals surface area contributed by atoms with E-state index in [0.29, 0.717) is 24.5 Å². The van der Waals surface area contributed by atoms with Crippen molar-refractivity contribution in [3.63, 3.8) is 0 Å². The molecule has 1 N–H and O–H groups in total. The lowest BCUT2D eigenvalue weighted by Gasteiger charge is -2.45. The minimum atomic E-state index is -0.504. The molecule has 2 aliphatic heterocycles. The molecule has 2 aliphatic rings. The van der Waals surface area contributed by atoms with E-state index in [-0.39, 0.29) is 11.8 Å². The predicted octanol–water partition coefficient (Wildman–Crippen LogP) is 2.09. The summed E-state index contributed by atoms with van der Waals surface area (Å²) < 4.78 is 0. The highest BCUT2D eigenvalue weighted by molar-refractivity contribution is 6.30. The molecule has 2 saturated heterocycles. The van der Waals surface area contributed by atoms with Crippen LogP contribution < -0.4 is 5.32 Å². The number of nitrogens with one attached hydrogen (secondary N) is 1. The fourth-order valence-electron chi connectivity index (χ4n) is 3.84. The van der Waals surface area contributed by atoms with E-state index < -0.39 is 12.1 Å². The molecule has 2 fully saturated rings. The maximum atomic E-state index is 12.9. The number of fused-ring (bicyclic) bond motifs is 1. The lowest BCUT2D eigenvalue weighted by atomic mass is 9.98. The average molecular weight is 384 g/mol. The highest BCUT2D eigenvalue weighted by Crippen LogP contribution is 2.20. The van der Waals surface area contributed by atoms with Gasteiger partial charge in [-0.3, -0.25) is 14.5 Å². The Morgan fingerprint density at radius 1 is 0.963 bits per heavy atom. The van der Waals surface area contributed by atoms with Gasteiger partial charge in [0.05, 0.1) is 0 Å². The molecule has 140 valence electrons. The summed E-state index contributed by atoms with van der Waals surface area (Å²) in [6.07, 6.45) is 0.485. The molecule has 0 saturated carbocycles. The first kappa shape index (κ1) is 18.0. The molecule has 4 rings (SSSR count). The zero-order valence-corrected chi connectivity index (χ0v) is 15.7. The van der Waals surface area contributed by atoms with Crippen LogP contribution in [-0.2, 0) is 22.6 Å². The van der Waals surface area contributed by atoms with Gasteiger partial charge in [0.25, 0.3) is 0 Å². The molecule has 2 aromatic rings. The van der Waals surface area contributed by atoms with Crippen LogP contribution in [0.1, 0.15) is 11.1 Å². The normalized spacial score (nSPS) is 23.1. The van der Waals surface area contributed by atoms with Crippen LogP contribution in [0.2, 0.25) is 5.02 Å². The van der Waals surface area contributed by atoms with Crippen molar-refractivity contribution in [1.82, 2.24) is 15.1 Å². The second-order valence-corrected chi connectivity index (χ2v) is 7.60. The van der Waals surface area contributed by atoms with Gasteiger partial charge < -0.3 is 10.2 Å². The molecular formula is C21H22ClN3O2. The number of amides is 2. The van der Waals surface area contributed by atoms with E-state index in [2.05, 4.69) is 22.3 Å². The number of hydrogen-bond acceptors (Lipinski definition) is 3. The Morgan fingerprint density at radius 2 is 1.70 bits per heavy atom. The molecule has 2 atom stereocenters. The number of benzene rings is 2. The van der Waals surface area contributed by atoms with Crippen molar-refractivity contribution >= 4 is 23.4 Å². The van der Waals surface area contributed by atoms with Gasteiger partial charge in [-0.05, 0) is 23.3 Å². The van der Waals surface area contributed by atoms with Crippen LogP contribution in [0.15, 0.2) is 54.6 Å². The first-order valence-corrected chi connectivity index (χ1v) is 9.59. The Labute approximate surface area is 163 Å². The lowest BCUT2D eigenvalue weighted by molar-refractivity contribution is -0.153. The van der Waals surface area contributed by atoms with E-state index in [1.807, 2.05) is 30.3 Å². The van der Waals surface area contributed by atoms with Crippen LogP contribution in [0.3, 0.4) is 0 Å². The third-order valence-electron chi connectivity index (χ3n) is 5.27. The van der Waals surface area contributed by atoms with E-state index in [1.54, 1.807) is 17.0 Å². The minimum Gasteiger partial charge on any atom is -0.342 e. The van der Waals surface area contributed by atoms with Crippen LogP contribution in [0, 0.1) is 0 Å². The third kappa shape index (κ3) is 3.99. The van der Waals surface area contributed by atoms with Crippen molar-refractivity contribution in [3.8, 4) is 0 Å². The lowest BCUT2D eigenvalue weighted by Crippen LogP contribution is -2.69. The van der Waals surface area contributed by atoms with Crippen LogP contribution >= 0.6 is 11.6 Å². The van der Waals surface area contributed by atoms with Gasteiger partial charge >= 0.3 is 0 Å². The van der Waals surface area contributed by atoms with E-state index in [1.165, 1.54) is 5.56 Å². The third-order valence-corrected chi connectivity index (χ3v) is 5.52. The molecule has 2 aromatic carbocycles. The standard InChI is InChI=1S/C21H22ClN3O2/c22-17-8-6-15(7-9-17)12-18-21(27)25-11-10-24(14-19(25)20(26)23-18)13-16-4-2-1-3-5-16/h1-9,18-19H,10-14H2,(H,23,26)/t18-,19+/m0/s1. The van der Waals surface area contributed by atoms with Crippen molar-refractivity contribution in [3.05, 3.63) is 70.7 Å². The van der Waals surface area contributed by atoms with Crippen molar-refractivity contribution < 1.29 is 9.59 Å². The van der Waals surface area contributed by atoms with Crippen LogP contribution in [-0.4, -0.2) is 53.3 Å². The predicted molar refractivity (Wildman–Crippen MR) is 104 cm³/mol. The SMILES string of the molecule is O=C1N[C@@H](Cc2ccc(Cl)cc2)C(=O)N2CCN(Cc3ccccc3)C[C@H]12. The summed E-state index contributed by atoms with van der Waals surface area (Å²) in [6.45, 7) is 2.72. The summed E-state index contributed by atoms with van der Waals surface area (Å²) >= 11 is 5.92. The second kappa shape index (κ2) is 7.71. The molecule has 5 nitrogen and oxygen atoms in total. The Morgan fingerprint density at radius 3 is 2.44 bits per heavy atom. The Hall–Kier alpha value is -2.37. The van der Waals surface area contributed by atoms with Gasteiger partial charge in [-0.1, -0.05) is 54.1 Å². The largest absolute Gasteiger partial charge is 0.342 e. The molecular weight excluding hydrogens is 362 g/mol. The van der Waals surface area contributed by atoms with Crippen molar-refractivity contribution in [2.24, 2.45) is 0 Å². The summed E-state index contributed by atoms with van der Waals surface area (Å²) in [5.41, 5.74) is 2.20. The first-order chi connectivity index (χ1) is 13.1. The topological polar surface area (TPSA) is 52.7 Å². The van der Waals surface area contributed by atoms with Crippen molar-refractivity contribution in [2.75, 3.05) is 19.6 Å². The Balaban J connectivity index is 1.42. The van der Waals surface area contributed by atoms with E-state index >= 15 is 0 Å². The molecule has 0 unspecified atom stereocenters. The molecule has 0 radical (unpaired) electrons. The maximum absolute atomic E-state index is 12.9. The molecule has 6 heteroatoms. The van der Waals surface area contributed by atoms with Crippen LogP contribution in [0.4, 0.5) is 0 Å². The van der Waals surface area contributed by atoms with E-state index in [9.17, 15) is 9.59 Å². The Kier molecular flexibility index (Phi) is 5.14. The second-order valence-electron chi connectivity index (χ2n) is 7.16. The minimum absolute atomic E-state index is 0.00825. The number of rotatable bonds is 4. The van der Waals surface area contributed by atoms with Gasteiger partial charge in [0.15, 0.2) is 0 Å².